The number of hydrogen-bond donors (Lipinski definition) is 1. The van der Waals surface area contributed by atoms with Gasteiger partial charge in [0, 0.05) is 34.2 Å². The average molecular weight is 460 g/mol. The van der Waals surface area contributed by atoms with E-state index in [4.69, 9.17) is 0 Å². The lowest BCUT2D eigenvalue weighted by atomic mass is 9.89. The number of thioether (sulfide) groups is 1. The van der Waals surface area contributed by atoms with Gasteiger partial charge in [0.15, 0.2) is 0 Å². The molecule has 0 amide bonds. The van der Waals surface area contributed by atoms with Gasteiger partial charge in [-0.3, -0.25) is 0 Å². The summed E-state index contributed by atoms with van der Waals surface area (Å²) >= 11 is 2.08. The van der Waals surface area contributed by atoms with E-state index in [1.165, 1.54) is 0 Å². The Morgan fingerprint density at radius 3 is 2.79 bits per heavy atom. The molecule has 0 spiro atoms. The first kappa shape index (κ1) is 21.0. The summed E-state index contributed by atoms with van der Waals surface area (Å²) in [5, 5.41) is 13.8. The van der Waals surface area contributed by atoms with E-state index in [0.29, 0.717) is 28.8 Å². The van der Waals surface area contributed by atoms with Gasteiger partial charge in [0.25, 0.3) is 0 Å². The molecule has 1 saturated heterocycles. The van der Waals surface area contributed by atoms with Gasteiger partial charge in [-0.1, -0.05) is 78.9 Å². The second-order valence-electron chi connectivity index (χ2n) is 8.90. The molecule has 0 saturated carbocycles. The largest absolute Gasteiger partial charge is 0.373 e. The molecule has 2 aliphatic heterocycles. The van der Waals surface area contributed by atoms with Crippen LogP contribution in [0.4, 0.5) is 5.69 Å². The lowest BCUT2D eigenvalue weighted by molar-refractivity contribution is 0.503. The Bertz CT molecular complexity index is 1290. The van der Waals surface area contributed by atoms with Crippen molar-refractivity contribution in [3.63, 3.8) is 0 Å². The smallest absolute Gasteiger partial charge is 0.121 e. The Kier molecular flexibility index (Phi) is 5.54. The molecule has 4 unspecified atom stereocenters. The Morgan fingerprint density at radius 2 is 1.88 bits per heavy atom. The summed E-state index contributed by atoms with van der Waals surface area (Å²) in [6, 6.07) is 22.3. The zero-order valence-corrected chi connectivity index (χ0v) is 19.6. The Labute approximate surface area is 205 Å². The highest BCUT2D eigenvalue weighted by Crippen LogP contribution is 2.46. The van der Waals surface area contributed by atoms with Crippen molar-refractivity contribution in [2.45, 2.75) is 35.4 Å². The van der Waals surface area contributed by atoms with Crippen molar-refractivity contribution in [1.82, 2.24) is 5.32 Å². The second-order valence-corrected chi connectivity index (χ2v) is 10.3. The van der Waals surface area contributed by atoms with Gasteiger partial charge >= 0.3 is 0 Å². The number of fused-ring (bicyclic) bond motifs is 2. The molecule has 0 radical (unpaired) electrons. The topological polar surface area (TPSA) is 39.1 Å². The number of nitriles is 1. The van der Waals surface area contributed by atoms with Crippen LogP contribution < -0.4 is 10.2 Å². The second kappa shape index (κ2) is 8.98. The molecule has 4 aliphatic rings. The minimum absolute atomic E-state index is 0.283. The van der Waals surface area contributed by atoms with Crippen molar-refractivity contribution in [3.8, 4) is 17.2 Å². The number of nitrogens with zero attached hydrogens (tertiary/aromatic N) is 2. The lowest BCUT2D eigenvalue weighted by Gasteiger charge is -2.50. The molecule has 34 heavy (non-hydrogen) atoms. The summed E-state index contributed by atoms with van der Waals surface area (Å²) in [5.74, 6) is 0. The van der Waals surface area contributed by atoms with Crippen LogP contribution in [-0.2, 0) is 0 Å². The molecule has 2 heterocycles. The monoisotopic (exact) mass is 459 g/mol. The molecule has 2 aromatic carbocycles. The van der Waals surface area contributed by atoms with Crippen LogP contribution in [0.15, 0.2) is 90.7 Å². The zero-order chi connectivity index (χ0) is 22.9. The Balaban J connectivity index is 1.52. The number of anilines is 1. The van der Waals surface area contributed by atoms with Crippen LogP contribution in [0.5, 0.6) is 0 Å². The maximum absolute atomic E-state index is 9.75. The van der Waals surface area contributed by atoms with E-state index in [0.717, 1.165) is 40.8 Å². The summed E-state index contributed by atoms with van der Waals surface area (Å²) in [5.41, 5.74) is 5.98. The van der Waals surface area contributed by atoms with Gasteiger partial charge in [0.2, 0.25) is 0 Å². The van der Waals surface area contributed by atoms with E-state index in [2.05, 4.69) is 113 Å². The summed E-state index contributed by atoms with van der Waals surface area (Å²) in [6.07, 6.45) is 20.1. The number of allylic oxidation sites excluding steroid dienone is 6. The quantitative estimate of drug-likeness (QED) is 0.584. The van der Waals surface area contributed by atoms with Gasteiger partial charge in [-0.05, 0) is 42.2 Å². The predicted molar refractivity (Wildman–Crippen MR) is 141 cm³/mol. The van der Waals surface area contributed by atoms with Crippen LogP contribution in [0.25, 0.3) is 16.7 Å². The molecule has 0 aromatic heterocycles. The molecule has 4 heteroatoms. The van der Waals surface area contributed by atoms with E-state index >= 15 is 0 Å². The summed E-state index contributed by atoms with van der Waals surface area (Å²) in [4.78, 5) is 2.60. The van der Waals surface area contributed by atoms with Crippen molar-refractivity contribution < 1.29 is 0 Å². The molecule has 4 atom stereocenters. The molecule has 166 valence electrons. The Hall–Kier alpha value is -3.60. The number of hydrogen-bond acceptors (Lipinski definition) is 4. The highest BCUT2D eigenvalue weighted by Gasteiger charge is 2.42. The maximum Gasteiger partial charge on any atom is 0.121 e. The van der Waals surface area contributed by atoms with Gasteiger partial charge in [-0.2, -0.15) is 5.26 Å². The standard InChI is InChI=1S/C30H25N3S/c31-20-25-23(13-9-19-32-25)21-10-1-2-11-22(21)24-12-3-4-14-26(24)33-27-15-5-7-17-29(27)34-30-18-8-6-16-28(30)33/h1-3,5,7-13,15,17-18,27-30,32H,6,16,19H2. The molecule has 6 rings (SSSR count). The van der Waals surface area contributed by atoms with E-state index in [9.17, 15) is 5.26 Å². The molecule has 3 nitrogen and oxygen atoms in total. The van der Waals surface area contributed by atoms with Crippen molar-refractivity contribution in [1.29, 1.82) is 5.26 Å². The van der Waals surface area contributed by atoms with Gasteiger partial charge in [-0.25, -0.2) is 0 Å². The van der Waals surface area contributed by atoms with Crippen LogP contribution >= 0.6 is 11.8 Å². The molecule has 1 N–H and O–H groups in total. The van der Waals surface area contributed by atoms with Crippen molar-refractivity contribution in [2.24, 2.45) is 0 Å². The maximum atomic E-state index is 9.75. The van der Waals surface area contributed by atoms with E-state index in [1.807, 2.05) is 12.1 Å². The third kappa shape index (κ3) is 3.56. The first-order valence-electron chi connectivity index (χ1n) is 11.9. The average Bonchev–Trinajstić information content (AvgIpc) is 2.91. The van der Waals surface area contributed by atoms with Crippen LogP contribution in [-0.4, -0.2) is 29.1 Å². The first-order chi connectivity index (χ1) is 16.8. The zero-order valence-electron chi connectivity index (χ0n) is 18.8. The van der Waals surface area contributed by atoms with Gasteiger partial charge in [-0.15, -0.1) is 11.8 Å². The predicted octanol–water partition coefficient (Wildman–Crippen LogP) is 5.85. The van der Waals surface area contributed by atoms with Crippen LogP contribution in [0.3, 0.4) is 0 Å². The molecular formula is C30H25N3S. The third-order valence-electron chi connectivity index (χ3n) is 6.99. The van der Waals surface area contributed by atoms with Gasteiger partial charge < -0.3 is 10.2 Å². The first-order valence-corrected chi connectivity index (χ1v) is 12.8. The highest BCUT2D eigenvalue weighted by atomic mass is 32.2. The molecule has 2 aromatic rings. The molecular weight excluding hydrogens is 434 g/mol. The fourth-order valence-corrected chi connectivity index (χ4v) is 7.07. The summed E-state index contributed by atoms with van der Waals surface area (Å²) < 4.78 is 0. The summed E-state index contributed by atoms with van der Waals surface area (Å²) in [7, 11) is 0. The van der Waals surface area contributed by atoms with Crippen molar-refractivity contribution >= 4 is 23.0 Å². The van der Waals surface area contributed by atoms with Gasteiger partial charge in [0.05, 0.1) is 11.7 Å². The third-order valence-corrected chi connectivity index (χ3v) is 8.53. The number of benzene rings is 1. The van der Waals surface area contributed by atoms with E-state index in [-0.39, 0.29) is 6.04 Å². The van der Waals surface area contributed by atoms with Crippen LogP contribution in [0, 0.1) is 23.5 Å². The SMILES string of the molecule is N#CC1=C(c2ccccc2-c2ccc#cc2N2C3C=CC=CC3SC3C=CCCC32)C=CCN1. The van der Waals surface area contributed by atoms with E-state index in [1.54, 1.807) is 0 Å². The number of rotatable bonds is 3. The highest BCUT2D eigenvalue weighted by molar-refractivity contribution is 8.01. The number of nitrogens with one attached hydrogen (secondary N) is 1. The fourth-order valence-electron chi connectivity index (χ4n) is 5.49. The molecule has 2 aliphatic carbocycles. The van der Waals surface area contributed by atoms with Gasteiger partial charge in [0.1, 0.15) is 11.8 Å². The fraction of sp³-hybridized carbons (Fsp3) is 0.233. The van der Waals surface area contributed by atoms with Crippen molar-refractivity contribution in [3.05, 3.63) is 108 Å². The normalized spacial score (nSPS) is 26.9. The summed E-state index contributed by atoms with van der Waals surface area (Å²) in [6.45, 7) is 0.679. The van der Waals surface area contributed by atoms with E-state index < -0.39 is 0 Å². The molecule has 0 bridgehead atoms. The van der Waals surface area contributed by atoms with Crippen molar-refractivity contribution in [2.75, 3.05) is 11.4 Å². The van der Waals surface area contributed by atoms with Crippen LogP contribution in [0.1, 0.15) is 18.4 Å². The lowest BCUT2D eigenvalue weighted by Crippen LogP contribution is -2.56. The minimum Gasteiger partial charge on any atom is -0.373 e. The Morgan fingerprint density at radius 1 is 1.00 bits per heavy atom. The molecule has 1 fully saturated rings. The minimum atomic E-state index is 0.283. The number of dihydropyridines is 1. The van der Waals surface area contributed by atoms with Crippen LogP contribution in [0.2, 0.25) is 0 Å².